The molecule has 1 aliphatic heterocycles. The standard InChI is InChI=1S/C23H34N4O7S/c1-6-14-9-10-23(14,19(30)26-35(33,34)22(5)11-12-22)25-17(28)15-8-7-13-27(15)18(29)16(21(2,3)4)24-20(31)32/h6,9-10,14-16,24H,1,7-8,11-13H2,2-5H3,(H,25,28)(H,26,30)(H,31,32). The zero-order valence-electron chi connectivity index (χ0n) is 20.5. The molecule has 11 nitrogen and oxygen atoms in total. The summed E-state index contributed by atoms with van der Waals surface area (Å²) in [6.07, 6.45) is 4.84. The molecule has 4 amide bonds. The first-order valence-corrected chi connectivity index (χ1v) is 13.1. The topological polar surface area (TPSA) is 162 Å². The van der Waals surface area contributed by atoms with Crippen molar-refractivity contribution in [2.24, 2.45) is 11.3 Å². The average Bonchev–Trinajstić information content (AvgIpc) is 3.30. The van der Waals surface area contributed by atoms with Gasteiger partial charge in [-0.1, -0.05) is 39.0 Å². The van der Waals surface area contributed by atoms with Gasteiger partial charge in [0.2, 0.25) is 21.8 Å². The summed E-state index contributed by atoms with van der Waals surface area (Å²) in [5, 5.41) is 14.1. The van der Waals surface area contributed by atoms with Crippen LogP contribution in [0.2, 0.25) is 0 Å². The lowest BCUT2D eigenvalue weighted by Gasteiger charge is -2.42. The van der Waals surface area contributed by atoms with E-state index in [9.17, 15) is 32.7 Å². The highest BCUT2D eigenvalue weighted by molar-refractivity contribution is 7.91. The Hall–Kier alpha value is -2.89. The van der Waals surface area contributed by atoms with Gasteiger partial charge in [-0.3, -0.25) is 19.1 Å². The van der Waals surface area contributed by atoms with Gasteiger partial charge < -0.3 is 20.6 Å². The van der Waals surface area contributed by atoms with Gasteiger partial charge in [-0.25, -0.2) is 13.2 Å². The predicted octanol–water partition coefficient (Wildman–Crippen LogP) is 0.885. The molecule has 194 valence electrons. The van der Waals surface area contributed by atoms with Gasteiger partial charge in [-0.15, -0.1) is 6.58 Å². The van der Waals surface area contributed by atoms with Crippen LogP contribution in [-0.2, 0) is 24.4 Å². The van der Waals surface area contributed by atoms with Crippen LogP contribution in [0, 0.1) is 11.3 Å². The Bertz CT molecular complexity index is 1070. The van der Waals surface area contributed by atoms with Crippen molar-refractivity contribution in [1.82, 2.24) is 20.3 Å². The minimum atomic E-state index is -3.94. The number of carbonyl (C=O) groups is 4. The van der Waals surface area contributed by atoms with Gasteiger partial charge in [0.05, 0.1) is 4.75 Å². The fraction of sp³-hybridized carbons (Fsp3) is 0.652. The van der Waals surface area contributed by atoms with E-state index < -0.39 is 67.5 Å². The Morgan fingerprint density at radius 1 is 1.23 bits per heavy atom. The van der Waals surface area contributed by atoms with Gasteiger partial charge in [0.1, 0.15) is 17.6 Å². The number of rotatable bonds is 8. The maximum absolute atomic E-state index is 13.4. The highest BCUT2D eigenvalue weighted by atomic mass is 32.2. The highest BCUT2D eigenvalue weighted by Crippen LogP contribution is 2.43. The van der Waals surface area contributed by atoms with Gasteiger partial charge in [0.15, 0.2) is 0 Å². The van der Waals surface area contributed by atoms with Gasteiger partial charge in [0, 0.05) is 12.5 Å². The van der Waals surface area contributed by atoms with Crippen LogP contribution in [0.25, 0.3) is 0 Å². The number of nitrogens with zero attached hydrogens (tertiary/aromatic N) is 1. The summed E-state index contributed by atoms with van der Waals surface area (Å²) in [5.74, 6) is -2.69. The van der Waals surface area contributed by atoms with E-state index in [0.717, 1.165) is 0 Å². The fourth-order valence-corrected chi connectivity index (χ4v) is 5.67. The number of hydrogen-bond acceptors (Lipinski definition) is 6. The van der Waals surface area contributed by atoms with Gasteiger partial charge in [-0.2, -0.15) is 0 Å². The van der Waals surface area contributed by atoms with Gasteiger partial charge in [-0.05, 0) is 38.0 Å². The molecule has 3 rings (SSSR count). The van der Waals surface area contributed by atoms with Crippen LogP contribution in [0.1, 0.15) is 53.4 Å². The van der Waals surface area contributed by atoms with Crippen LogP contribution in [0.5, 0.6) is 0 Å². The molecule has 0 radical (unpaired) electrons. The number of carboxylic acid groups (broad SMARTS) is 1. The summed E-state index contributed by atoms with van der Waals surface area (Å²) < 4.78 is 26.4. The molecule has 0 aromatic carbocycles. The van der Waals surface area contributed by atoms with Crippen molar-refractivity contribution in [2.75, 3.05) is 6.54 Å². The van der Waals surface area contributed by atoms with E-state index in [2.05, 4.69) is 21.9 Å². The van der Waals surface area contributed by atoms with Crippen molar-refractivity contribution in [1.29, 1.82) is 0 Å². The summed E-state index contributed by atoms with van der Waals surface area (Å²) in [5.41, 5.74) is -2.41. The Kier molecular flexibility index (Phi) is 6.84. The number of hydrogen-bond donors (Lipinski definition) is 4. The number of sulfonamides is 1. The van der Waals surface area contributed by atoms with Gasteiger partial charge >= 0.3 is 6.09 Å². The van der Waals surface area contributed by atoms with Crippen molar-refractivity contribution in [3.05, 3.63) is 24.8 Å². The molecule has 4 N–H and O–H groups in total. The first-order valence-electron chi connectivity index (χ1n) is 11.6. The third-order valence-electron chi connectivity index (χ3n) is 7.10. The number of nitrogens with one attached hydrogen (secondary N) is 3. The fourth-order valence-electron chi connectivity index (χ4n) is 4.38. The SMILES string of the molecule is C=CC1C=CC1(NC(=O)C1CCCN1C(=O)C(NC(=O)O)C(C)(C)C)C(=O)NS(=O)(=O)C1(C)CC1. The smallest absolute Gasteiger partial charge is 0.405 e. The maximum atomic E-state index is 13.4. The molecular weight excluding hydrogens is 476 g/mol. The first kappa shape index (κ1) is 26.7. The van der Waals surface area contributed by atoms with E-state index in [1.54, 1.807) is 33.8 Å². The van der Waals surface area contributed by atoms with Crippen LogP contribution >= 0.6 is 0 Å². The number of carbonyl (C=O) groups excluding carboxylic acids is 3. The molecule has 0 aromatic heterocycles. The van der Waals surface area contributed by atoms with Crippen LogP contribution in [0.4, 0.5) is 4.79 Å². The Labute approximate surface area is 205 Å². The summed E-state index contributed by atoms with van der Waals surface area (Å²) in [6, 6.07) is -2.02. The molecule has 3 aliphatic rings. The maximum Gasteiger partial charge on any atom is 0.405 e. The summed E-state index contributed by atoms with van der Waals surface area (Å²) in [6.45, 7) is 10.6. The van der Waals surface area contributed by atoms with E-state index >= 15 is 0 Å². The van der Waals surface area contributed by atoms with E-state index in [1.165, 1.54) is 17.1 Å². The summed E-state index contributed by atoms with van der Waals surface area (Å²) >= 11 is 0. The quantitative estimate of drug-likeness (QED) is 0.352. The molecule has 0 spiro atoms. The highest BCUT2D eigenvalue weighted by Gasteiger charge is 2.55. The van der Waals surface area contributed by atoms with Crippen molar-refractivity contribution in [3.63, 3.8) is 0 Å². The van der Waals surface area contributed by atoms with Crippen LogP contribution in [-0.4, -0.2) is 71.2 Å². The summed E-state index contributed by atoms with van der Waals surface area (Å²) in [7, 11) is -3.94. The second-order valence-electron chi connectivity index (χ2n) is 10.8. The van der Waals surface area contributed by atoms with Crippen molar-refractivity contribution in [2.45, 2.75) is 75.7 Å². The molecule has 4 unspecified atom stereocenters. The van der Waals surface area contributed by atoms with Crippen molar-refractivity contribution >= 4 is 33.8 Å². The minimum absolute atomic E-state index is 0.247. The van der Waals surface area contributed by atoms with Crippen molar-refractivity contribution < 1.29 is 32.7 Å². The number of amides is 4. The monoisotopic (exact) mass is 510 g/mol. The Morgan fingerprint density at radius 3 is 2.31 bits per heavy atom. The molecule has 1 heterocycles. The molecule has 1 saturated carbocycles. The Balaban J connectivity index is 1.82. The molecule has 35 heavy (non-hydrogen) atoms. The van der Waals surface area contributed by atoms with Crippen molar-refractivity contribution in [3.8, 4) is 0 Å². The molecule has 2 fully saturated rings. The lowest BCUT2D eigenvalue weighted by molar-refractivity contribution is -0.143. The molecule has 4 atom stereocenters. The van der Waals surface area contributed by atoms with E-state index in [4.69, 9.17) is 0 Å². The lowest BCUT2D eigenvalue weighted by atomic mass is 9.73. The van der Waals surface area contributed by atoms with E-state index in [1.807, 2.05) is 0 Å². The minimum Gasteiger partial charge on any atom is -0.465 e. The molecular formula is C23H34N4O7S. The molecule has 0 aromatic rings. The first-order chi connectivity index (χ1) is 16.1. The molecule has 12 heteroatoms. The zero-order chi connectivity index (χ0) is 26.4. The van der Waals surface area contributed by atoms with Gasteiger partial charge in [0.25, 0.3) is 5.91 Å². The second kappa shape index (κ2) is 8.96. The van der Waals surface area contributed by atoms with Crippen LogP contribution in [0.3, 0.4) is 0 Å². The predicted molar refractivity (Wildman–Crippen MR) is 128 cm³/mol. The van der Waals surface area contributed by atoms with Crippen LogP contribution in [0.15, 0.2) is 24.8 Å². The Morgan fingerprint density at radius 2 is 1.86 bits per heavy atom. The summed E-state index contributed by atoms with van der Waals surface area (Å²) in [4.78, 5) is 52.4. The second-order valence-corrected chi connectivity index (χ2v) is 13.0. The normalized spacial score (nSPS) is 27.8. The van der Waals surface area contributed by atoms with Crippen LogP contribution < -0.4 is 15.4 Å². The third-order valence-corrected chi connectivity index (χ3v) is 9.26. The average molecular weight is 511 g/mol. The van der Waals surface area contributed by atoms with E-state index in [-0.39, 0.29) is 6.54 Å². The molecule has 0 bridgehead atoms. The zero-order valence-corrected chi connectivity index (χ0v) is 21.3. The largest absolute Gasteiger partial charge is 0.465 e. The lowest BCUT2D eigenvalue weighted by Crippen LogP contribution is -2.68. The number of likely N-dealkylation sites (tertiary alicyclic amines) is 1. The molecule has 1 saturated heterocycles. The molecule has 2 aliphatic carbocycles. The third kappa shape index (κ3) is 4.93. The van der Waals surface area contributed by atoms with E-state index in [0.29, 0.717) is 25.7 Å².